The molecule has 0 heterocycles. The topological polar surface area (TPSA) is 55.4 Å². The van der Waals surface area contributed by atoms with E-state index >= 15 is 0 Å². The summed E-state index contributed by atoms with van der Waals surface area (Å²) in [6.45, 7) is 0.408. The molecule has 0 radical (unpaired) electrons. The average Bonchev–Trinajstić information content (AvgIpc) is 2.53. The van der Waals surface area contributed by atoms with Crippen LogP contribution in [0.1, 0.15) is 11.7 Å². The van der Waals surface area contributed by atoms with Crippen molar-refractivity contribution >= 4 is 0 Å². The molecule has 0 fully saturated rings. The van der Waals surface area contributed by atoms with E-state index in [1.165, 1.54) is 0 Å². The van der Waals surface area contributed by atoms with Gasteiger partial charge in [-0.05, 0) is 17.7 Å². The van der Waals surface area contributed by atoms with Crippen molar-refractivity contribution in [2.24, 2.45) is 0 Å². The lowest BCUT2D eigenvalue weighted by atomic mass is 10.0. The van der Waals surface area contributed by atoms with E-state index in [4.69, 9.17) is 28.4 Å². The Bertz CT molecular complexity index is 409. The molecule has 0 saturated heterocycles. The van der Waals surface area contributed by atoms with E-state index in [0.29, 0.717) is 23.9 Å². The molecule has 0 spiro atoms. The van der Waals surface area contributed by atoms with E-state index in [1.54, 1.807) is 42.7 Å². The van der Waals surface area contributed by atoms with Crippen molar-refractivity contribution in [2.75, 3.05) is 49.3 Å². The Morgan fingerprint density at radius 1 is 0.810 bits per heavy atom. The monoisotopic (exact) mass is 300 g/mol. The molecule has 0 saturated carbocycles. The molecule has 2 atom stereocenters. The summed E-state index contributed by atoms with van der Waals surface area (Å²) < 4.78 is 32.2. The highest BCUT2D eigenvalue weighted by Crippen LogP contribution is 2.41. The van der Waals surface area contributed by atoms with Gasteiger partial charge in [0.15, 0.2) is 11.5 Å². The summed E-state index contributed by atoms with van der Waals surface area (Å²) in [5, 5.41) is 0. The molecule has 120 valence electrons. The highest BCUT2D eigenvalue weighted by atomic mass is 16.6. The third-order valence-corrected chi connectivity index (χ3v) is 3.24. The van der Waals surface area contributed by atoms with E-state index in [0.717, 1.165) is 5.56 Å². The molecule has 21 heavy (non-hydrogen) atoms. The minimum absolute atomic E-state index is 0.247. The van der Waals surface area contributed by atoms with Crippen LogP contribution in [0, 0.1) is 0 Å². The van der Waals surface area contributed by atoms with Gasteiger partial charge >= 0.3 is 0 Å². The molecule has 0 aliphatic carbocycles. The van der Waals surface area contributed by atoms with Crippen molar-refractivity contribution in [3.63, 3.8) is 0 Å². The van der Waals surface area contributed by atoms with Crippen LogP contribution in [0.4, 0.5) is 0 Å². The molecule has 2 unspecified atom stereocenters. The van der Waals surface area contributed by atoms with Crippen LogP contribution in [-0.4, -0.2) is 55.4 Å². The maximum Gasteiger partial charge on any atom is 0.203 e. The second-order valence-electron chi connectivity index (χ2n) is 4.34. The highest BCUT2D eigenvalue weighted by Gasteiger charge is 2.26. The first kappa shape index (κ1) is 17.6. The molecule has 6 nitrogen and oxygen atoms in total. The van der Waals surface area contributed by atoms with E-state index in [-0.39, 0.29) is 12.2 Å². The van der Waals surface area contributed by atoms with Crippen LogP contribution >= 0.6 is 0 Å². The van der Waals surface area contributed by atoms with Gasteiger partial charge in [-0.3, -0.25) is 0 Å². The third-order valence-electron chi connectivity index (χ3n) is 3.24. The van der Waals surface area contributed by atoms with Crippen molar-refractivity contribution in [1.82, 2.24) is 0 Å². The van der Waals surface area contributed by atoms with Gasteiger partial charge in [-0.25, -0.2) is 0 Å². The summed E-state index contributed by atoms with van der Waals surface area (Å²) in [5.41, 5.74) is 0.857. The molecule has 0 bridgehead atoms. The van der Waals surface area contributed by atoms with Crippen LogP contribution in [0.2, 0.25) is 0 Å². The predicted octanol–water partition coefficient (Wildman–Crippen LogP) is 2.06. The average molecular weight is 300 g/mol. The normalized spacial score (nSPS) is 13.6. The highest BCUT2D eigenvalue weighted by molar-refractivity contribution is 5.54. The lowest BCUT2D eigenvalue weighted by Gasteiger charge is -2.26. The Morgan fingerprint density at radius 3 is 1.71 bits per heavy atom. The van der Waals surface area contributed by atoms with Crippen molar-refractivity contribution in [3.8, 4) is 17.2 Å². The van der Waals surface area contributed by atoms with Gasteiger partial charge in [0.05, 0.1) is 27.9 Å². The Labute approximate surface area is 125 Å². The summed E-state index contributed by atoms with van der Waals surface area (Å²) in [7, 11) is 9.57. The van der Waals surface area contributed by atoms with Gasteiger partial charge in [-0.15, -0.1) is 0 Å². The van der Waals surface area contributed by atoms with Crippen LogP contribution in [-0.2, 0) is 14.2 Å². The number of hydrogen-bond donors (Lipinski definition) is 0. The first-order valence-electron chi connectivity index (χ1n) is 6.51. The summed E-state index contributed by atoms with van der Waals surface area (Å²) >= 11 is 0. The van der Waals surface area contributed by atoms with Crippen LogP contribution < -0.4 is 14.2 Å². The van der Waals surface area contributed by atoms with Gasteiger partial charge in [-0.1, -0.05) is 0 Å². The first-order chi connectivity index (χ1) is 10.2. The quantitative estimate of drug-likeness (QED) is 0.696. The molecule has 0 amide bonds. The number of ether oxygens (including phenoxy) is 6. The van der Waals surface area contributed by atoms with E-state index in [1.807, 2.05) is 12.1 Å². The zero-order valence-electron chi connectivity index (χ0n) is 13.5. The number of methoxy groups -OCH3 is 6. The molecule has 1 rings (SSSR count). The van der Waals surface area contributed by atoms with Gasteiger partial charge in [0.2, 0.25) is 5.75 Å². The van der Waals surface area contributed by atoms with Crippen LogP contribution in [0.15, 0.2) is 12.1 Å². The molecule has 0 aliphatic rings. The van der Waals surface area contributed by atoms with Gasteiger partial charge in [0.25, 0.3) is 0 Å². The molecule has 1 aromatic carbocycles. The van der Waals surface area contributed by atoms with Gasteiger partial charge in [0, 0.05) is 21.3 Å². The zero-order chi connectivity index (χ0) is 15.8. The summed E-state index contributed by atoms with van der Waals surface area (Å²) in [4.78, 5) is 0. The molecule has 0 aromatic heterocycles. The lowest BCUT2D eigenvalue weighted by molar-refractivity contribution is -0.0697. The van der Waals surface area contributed by atoms with E-state index in [2.05, 4.69) is 0 Å². The Morgan fingerprint density at radius 2 is 1.38 bits per heavy atom. The minimum atomic E-state index is -0.316. The SMILES string of the molecule is COCC(OC)C(OC)c1cc(OC)c(OC)c(OC)c1. The predicted molar refractivity (Wildman–Crippen MR) is 78.5 cm³/mol. The van der Waals surface area contributed by atoms with Gasteiger partial charge in [0.1, 0.15) is 12.2 Å². The summed E-state index contributed by atoms with van der Waals surface area (Å²) in [6.07, 6.45) is -0.563. The lowest BCUT2D eigenvalue weighted by Crippen LogP contribution is -2.27. The minimum Gasteiger partial charge on any atom is -0.493 e. The maximum atomic E-state index is 5.56. The van der Waals surface area contributed by atoms with Crippen LogP contribution in [0.5, 0.6) is 17.2 Å². The summed E-state index contributed by atoms with van der Waals surface area (Å²) in [5.74, 6) is 1.68. The van der Waals surface area contributed by atoms with Crippen molar-refractivity contribution in [2.45, 2.75) is 12.2 Å². The Hall–Kier alpha value is -1.50. The maximum absolute atomic E-state index is 5.56. The Kier molecular flexibility index (Phi) is 7.28. The van der Waals surface area contributed by atoms with Crippen molar-refractivity contribution in [1.29, 1.82) is 0 Å². The molecule has 1 aromatic rings. The fourth-order valence-electron chi connectivity index (χ4n) is 2.21. The van der Waals surface area contributed by atoms with Gasteiger partial charge < -0.3 is 28.4 Å². The van der Waals surface area contributed by atoms with Crippen molar-refractivity contribution in [3.05, 3.63) is 17.7 Å². The standard InChI is InChI=1S/C15H24O6/c1-16-9-13(19-4)14(20-5)10-7-11(17-2)15(21-6)12(8-10)18-3/h7-8,13-14H,9H2,1-6H3. The molecule has 6 heteroatoms. The molecular weight excluding hydrogens is 276 g/mol. The second-order valence-corrected chi connectivity index (χ2v) is 4.34. The fourth-order valence-corrected chi connectivity index (χ4v) is 2.21. The van der Waals surface area contributed by atoms with Crippen molar-refractivity contribution < 1.29 is 28.4 Å². The Balaban J connectivity index is 3.26. The van der Waals surface area contributed by atoms with Crippen LogP contribution in [0.25, 0.3) is 0 Å². The smallest absolute Gasteiger partial charge is 0.203 e. The van der Waals surface area contributed by atoms with Gasteiger partial charge in [-0.2, -0.15) is 0 Å². The van der Waals surface area contributed by atoms with E-state index < -0.39 is 0 Å². The van der Waals surface area contributed by atoms with E-state index in [9.17, 15) is 0 Å². The molecule has 0 N–H and O–H groups in total. The first-order valence-corrected chi connectivity index (χ1v) is 6.51. The summed E-state index contributed by atoms with van der Waals surface area (Å²) in [6, 6.07) is 3.69. The second kappa shape index (κ2) is 8.71. The number of hydrogen-bond acceptors (Lipinski definition) is 6. The molecular formula is C15H24O6. The molecule has 0 aliphatic heterocycles. The number of benzene rings is 1. The third kappa shape index (κ3) is 4.00. The van der Waals surface area contributed by atoms with Crippen LogP contribution in [0.3, 0.4) is 0 Å². The number of rotatable bonds is 9. The zero-order valence-corrected chi connectivity index (χ0v) is 13.5. The largest absolute Gasteiger partial charge is 0.493 e. The fraction of sp³-hybridized carbons (Fsp3) is 0.600.